The Morgan fingerprint density at radius 3 is 0.893 bits per heavy atom. The van der Waals surface area contributed by atoms with Crippen LogP contribution in [0.4, 0.5) is 0 Å². The first kappa shape index (κ1) is 71.6. The van der Waals surface area contributed by atoms with E-state index in [2.05, 4.69) is 99.8 Å². The van der Waals surface area contributed by atoms with Crippen LogP contribution in [0.2, 0.25) is 0 Å². The molecular formula is C69H120O6. The molecule has 0 aliphatic carbocycles. The van der Waals surface area contributed by atoms with Crippen molar-refractivity contribution >= 4 is 17.9 Å². The average molecular weight is 1050 g/mol. The lowest BCUT2D eigenvalue weighted by atomic mass is 10.0. The third-order valence-corrected chi connectivity index (χ3v) is 13.9. The van der Waals surface area contributed by atoms with Crippen LogP contribution in [0, 0.1) is 0 Å². The summed E-state index contributed by atoms with van der Waals surface area (Å²) in [6, 6.07) is 0. The minimum atomic E-state index is -0.805. The molecule has 0 aromatic heterocycles. The lowest BCUT2D eigenvalue weighted by molar-refractivity contribution is -0.166. The van der Waals surface area contributed by atoms with Gasteiger partial charge in [0.15, 0.2) is 6.10 Å². The highest BCUT2D eigenvalue weighted by atomic mass is 16.6. The molecule has 6 heteroatoms. The van der Waals surface area contributed by atoms with Crippen LogP contribution >= 0.6 is 0 Å². The normalized spacial score (nSPS) is 12.6. The highest BCUT2D eigenvalue weighted by molar-refractivity contribution is 5.71. The van der Waals surface area contributed by atoms with E-state index in [4.69, 9.17) is 14.2 Å². The van der Waals surface area contributed by atoms with Gasteiger partial charge in [-0.2, -0.15) is 0 Å². The van der Waals surface area contributed by atoms with E-state index in [0.29, 0.717) is 19.3 Å². The first-order valence-electron chi connectivity index (χ1n) is 32.1. The molecule has 6 nitrogen and oxygen atoms in total. The largest absolute Gasteiger partial charge is 0.462 e. The van der Waals surface area contributed by atoms with E-state index >= 15 is 0 Å². The molecule has 0 aromatic rings. The number of hydrogen-bond acceptors (Lipinski definition) is 6. The Morgan fingerprint density at radius 1 is 0.280 bits per heavy atom. The first-order valence-corrected chi connectivity index (χ1v) is 32.1. The monoisotopic (exact) mass is 1040 g/mol. The fraction of sp³-hybridized carbons (Fsp3) is 0.754. The Hall–Kier alpha value is -3.41. The van der Waals surface area contributed by atoms with Gasteiger partial charge in [-0.1, -0.05) is 298 Å². The maximum absolute atomic E-state index is 12.9. The number of hydrogen-bond donors (Lipinski definition) is 0. The van der Waals surface area contributed by atoms with Crippen LogP contribution in [0.15, 0.2) is 85.1 Å². The van der Waals surface area contributed by atoms with Gasteiger partial charge in [-0.05, 0) is 83.5 Å². The van der Waals surface area contributed by atoms with Crippen LogP contribution in [0.5, 0.6) is 0 Å². The maximum atomic E-state index is 12.9. The Morgan fingerprint density at radius 2 is 0.547 bits per heavy atom. The van der Waals surface area contributed by atoms with Gasteiger partial charge in [0.25, 0.3) is 0 Å². The minimum absolute atomic E-state index is 0.0968. The summed E-state index contributed by atoms with van der Waals surface area (Å²) in [4.78, 5) is 38.2. The van der Waals surface area contributed by atoms with Gasteiger partial charge in [-0.25, -0.2) is 0 Å². The number of allylic oxidation sites excluding steroid dienone is 14. The molecule has 0 heterocycles. The summed E-state index contributed by atoms with van der Waals surface area (Å²) in [5.41, 5.74) is 0. The first-order chi connectivity index (χ1) is 37.0. The van der Waals surface area contributed by atoms with Crippen LogP contribution in [-0.2, 0) is 28.6 Å². The minimum Gasteiger partial charge on any atom is -0.462 e. The third-order valence-electron chi connectivity index (χ3n) is 13.9. The molecule has 0 saturated carbocycles. The number of carbonyl (C=O) groups is 3. The van der Waals surface area contributed by atoms with Gasteiger partial charge in [0.1, 0.15) is 13.2 Å². The molecule has 0 amide bonds. The van der Waals surface area contributed by atoms with Crippen molar-refractivity contribution in [2.24, 2.45) is 0 Å². The molecule has 0 fully saturated rings. The Bertz CT molecular complexity index is 1430. The van der Waals surface area contributed by atoms with Crippen molar-refractivity contribution in [3.8, 4) is 0 Å². The van der Waals surface area contributed by atoms with E-state index in [0.717, 1.165) is 77.0 Å². The number of unbranched alkanes of at least 4 members (excludes halogenated alkanes) is 33. The second-order valence-electron chi connectivity index (χ2n) is 21.3. The molecule has 432 valence electrons. The van der Waals surface area contributed by atoms with Gasteiger partial charge < -0.3 is 14.2 Å². The van der Waals surface area contributed by atoms with Crippen molar-refractivity contribution in [3.63, 3.8) is 0 Å². The van der Waals surface area contributed by atoms with E-state index in [1.54, 1.807) is 0 Å². The van der Waals surface area contributed by atoms with Gasteiger partial charge in [0.05, 0.1) is 0 Å². The molecule has 0 N–H and O–H groups in total. The number of ether oxygens (including phenoxy) is 3. The number of carbonyl (C=O) groups excluding carboxylic acids is 3. The zero-order valence-electron chi connectivity index (χ0n) is 49.6. The zero-order valence-corrected chi connectivity index (χ0v) is 49.6. The molecule has 75 heavy (non-hydrogen) atoms. The highest BCUT2D eigenvalue weighted by Crippen LogP contribution is 2.17. The van der Waals surface area contributed by atoms with Crippen molar-refractivity contribution in [2.75, 3.05) is 13.2 Å². The summed E-state index contributed by atoms with van der Waals surface area (Å²) in [6.45, 7) is 6.48. The summed E-state index contributed by atoms with van der Waals surface area (Å²) in [7, 11) is 0. The van der Waals surface area contributed by atoms with Crippen LogP contribution < -0.4 is 0 Å². The Kier molecular flexibility index (Phi) is 60.3. The molecule has 0 aliphatic rings. The summed E-state index contributed by atoms with van der Waals surface area (Å²) < 4.78 is 16.8. The van der Waals surface area contributed by atoms with Gasteiger partial charge in [-0.3, -0.25) is 14.4 Å². The van der Waals surface area contributed by atoms with Crippen molar-refractivity contribution in [1.29, 1.82) is 0 Å². The van der Waals surface area contributed by atoms with E-state index in [1.807, 2.05) is 6.08 Å². The zero-order chi connectivity index (χ0) is 54.3. The van der Waals surface area contributed by atoms with E-state index in [-0.39, 0.29) is 37.5 Å². The smallest absolute Gasteiger partial charge is 0.306 e. The highest BCUT2D eigenvalue weighted by Gasteiger charge is 2.19. The maximum Gasteiger partial charge on any atom is 0.306 e. The third kappa shape index (κ3) is 61.3. The predicted octanol–water partition coefficient (Wildman–Crippen LogP) is 21.9. The van der Waals surface area contributed by atoms with E-state index in [9.17, 15) is 14.4 Å². The van der Waals surface area contributed by atoms with E-state index < -0.39 is 6.10 Å². The van der Waals surface area contributed by atoms with E-state index in [1.165, 1.54) is 193 Å². The average Bonchev–Trinajstić information content (AvgIpc) is 3.41. The van der Waals surface area contributed by atoms with Gasteiger partial charge in [-0.15, -0.1) is 0 Å². The lowest BCUT2D eigenvalue weighted by Crippen LogP contribution is -2.30. The molecule has 1 atom stereocenters. The Balaban J connectivity index is 4.30. The van der Waals surface area contributed by atoms with Crippen LogP contribution in [0.3, 0.4) is 0 Å². The van der Waals surface area contributed by atoms with Crippen LogP contribution in [0.25, 0.3) is 0 Å². The summed E-state index contributed by atoms with van der Waals surface area (Å²) in [5.74, 6) is -0.970. The standard InChI is InChI=1S/C69H120O6/c1-4-7-10-13-16-19-22-25-27-29-30-31-32-33-34-35-36-37-38-40-41-44-47-50-53-56-59-62-68(71)74-65-66(64-73-67(70)61-58-55-52-49-46-43-24-21-18-15-12-9-6-3)75-69(72)63-60-57-54-51-48-45-42-39-28-26-23-20-17-14-11-8-5-2/h9,12,18,21-22,25,29-30,32-33,43,46,52,55,66H,4-8,10-11,13-17,19-20,23-24,26-28,31,34-42,44-45,47-51,53-54,56-65H2,1-3H3/b12-9-,21-18-,25-22-,30-29-,33-32-,46-43-,55-52-. The van der Waals surface area contributed by atoms with Crippen molar-refractivity contribution in [1.82, 2.24) is 0 Å². The molecule has 1 unspecified atom stereocenters. The van der Waals surface area contributed by atoms with Crippen LogP contribution in [0.1, 0.15) is 316 Å². The predicted molar refractivity (Wildman–Crippen MR) is 325 cm³/mol. The summed E-state index contributed by atoms with van der Waals surface area (Å²) in [5, 5.41) is 0. The number of esters is 3. The van der Waals surface area contributed by atoms with Crippen molar-refractivity contribution in [3.05, 3.63) is 85.1 Å². The summed E-state index contributed by atoms with van der Waals surface area (Å²) in [6.07, 6.45) is 83.3. The van der Waals surface area contributed by atoms with Crippen molar-refractivity contribution in [2.45, 2.75) is 322 Å². The fourth-order valence-corrected chi connectivity index (χ4v) is 9.11. The molecule has 0 aromatic carbocycles. The fourth-order valence-electron chi connectivity index (χ4n) is 9.11. The molecular weight excluding hydrogens is 925 g/mol. The molecule has 0 bridgehead atoms. The molecule has 0 spiro atoms. The SMILES string of the molecule is CC/C=C\C/C=C\C/C=C\C/C=C\CCC(=O)OCC(COC(=O)CCCCCCCCCCCCCC/C=C\C/C=C\C/C=C\CCCCCCC)OC(=O)CCCCCCCCCCCCCCCCCCC. The molecule has 0 aliphatic heterocycles. The lowest BCUT2D eigenvalue weighted by Gasteiger charge is -2.18. The molecule has 0 saturated heterocycles. The number of rotatable bonds is 58. The molecule has 0 rings (SSSR count). The Labute approximate surface area is 465 Å². The topological polar surface area (TPSA) is 78.9 Å². The summed E-state index contributed by atoms with van der Waals surface area (Å²) >= 11 is 0. The van der Waals surface area contributed by atoms with Gasteiger partial charge >= 0.3 is 17.9 Å². The second kappa shape index (κ2) is 63.1. The quantitative estimate of drug-likeness (QED) is 0.0261. The second-order valence-corrected chi connectivity index (χ2v) is 21.3. The van der Waals surface area contributed by atoms with Gasteiger partial charge in [0, 0.05) is 19.3 Å². The molecule has 0 radical (unpaired) electrons. The van der Waals surface area contributed by atoms with Gasteiger partial charge in [0.2, 0.25) is 0 Å². The van der Waals surface area contributed by atoms with Crippen molar-refractivity contribution < 1.29 is 28.6 Å². The van der Waals surface area contributed by atoms with Crippen LogP contribution in [-0.4, -0.2) is 37.2 Å².